The van der Waals surface area contributed by atoms with Crippen LogP contribution in [0.3, 0.4) is 0 Å². The van der Waals surface area contributed by atoms with E-state index in [1.807, 2.05) is 7.05 Å². The van der Waals surface area contributed by atoms with Crippen molar-refractivity contribution in [3.63, 3.8) is 0 Å². The van der Waals surface area contributed by atoms with Crippen LogP contribution in [-0.2, 0) is 0 Å². The fourth-order valence-electron chi connectivity index (χ4n) is 2.86. The lowest BCUT2D eigenvalue weighted by Crippen LogP contribution is -2.47. The zero-order valence-electron chi connectivity index (χ0n) is 15.4. The van der Waals surface area contributed by atoms with Gasteiger partial charge in [0.25, 0.3) is 11.8 Å². The molecule has 0 unspecified atom stereocenters. The predicted molar refractivity (Wildman–Crippen MR) is 102 cm³/mol. The molecule has 3 rings (SSSR count). The van der Waals surface area contributed by atoms with Crippen LogP contribution >= 0.6 is 0 Å². The highest BCUT2D eigenvalue weighted by Crippen LogP contribution is 2.13. The summed E-state index contributed by atoms with van der Waals surface area (Å²) in [6, 6.07) is 9.76. The molecule has 0 atom stereocenters. The van der Waals surface area contributed by atoms with E-state index in [9.17, 15) is 14.4 Å². The molecule has 7 nitrogen and oxygen atoms in total. The van der Waals surface area contributed by atoms with Crippen molar-refractivity contribution in [3.05, 3.63) is 59.4 Å². The Bertz CT molecular complexity index is 856. The molecule has 1 aliphatic heterocycles. The third-order valence-corrected chi connectivity index (χ3v) is 4.58. The van der Waals surface area contributed by atoms with Crippen LogP contribution < -0.4 is 5.32 Å². The minimum Gasteiger partial charge on any atom is -0.336 e. The number of hydrogen-bond donors (Lipinski definition) is 1. The van der Waals surface area contributed by atoms with Gasteiger partial charge in [-0.3, -0.25) is 19.4 Å². The summed E-state index contributed by atoms with van der Waals surface area (Å²) < 4.78 is 0. The van der Waals surface area contributed by atoms with E-state index in [0.717, 1.165) is 13.1 Å². The minimum absolute atomic E-state index is 0.0373. The fourth-order valence-corrected chi connectivity index (χ4v) is 2.86. The first kappa shape index (κ1) is 18.7. The van der Waals surface area contributed by atoms with Gasteiger partial charge in [0.2, 0.25) is 0 Å². The molecular weight excluding hydrogens is 344 g/mol. The number of nitrogens with zero attached hydrogens (tertiary/aromatic N) is 3. The number of amides is 2. The molecule has 27 heavy (non-hydrogen) atoms. The van der Waals surface area contributed by atoms with Gasteiger partial charge in [0.15, 0.2) is 5.78 Å². The molecule has 0 radical (unpaired) electrons. The molecule has 1 aromatic carbocycles. The maximum absolute atomic E-state index is 12.7. The minimum atomic E-state index is -0.404. The molecule has 1 aliphatic rings. The van der Waals surface area contributed by atoms with E-state index in [0.29, 0.717) is 29.9 Å². The van der Waals surface area contributed by atoms with Crippen molar-refractivity contribution in [1.82, 2.24) is 14.8 Å². The van der Waals surface area contributed by atoms with Gasteiger partial charge in [-0.05, 0) is 50.4 Å². The van der Waals surface area contributed by atoms with Crippen molar-refractivity contribution in [2.24, 2.45) is 0 Å². The molecule has 1 saturated heterocycles. The summed E-state index contributed by atoms with van der Waals surface area (Å²) in [6.07, 6.45) is 1.47. The molecule has 1 aromatic heterocycles. The largest absolute Gasteiger partial charge is 0.336 e. The van der Waals surface area contributed by atoms with E-state index in [2.05, 4.69) is 15.2 Å². The molecular formula is C20H22N4O3. The highest BCUT2D eigenvalue weighted by Gasteiger charge is 2.21. The van der Waals surface area contributed by atoms with Crippen LogP contribution in [0.4, 0.5) is 5.69 Å². The first-order valence-electron chi connectivity index (χ1n) is 8.80. The van der Waals surface area contributed by atoms with Crippen molar-refractivity contribution in [3.8, 4) is 0 Å². The number of pyridine rings is 1. The summed E-state index contributed by atoms with van der Waals surface area (Å²) in [7, 11) is 2.03. The van der Waals surface area contributed by atoms with Crippen LogP contribution in [-0.4, -0.2) is 65.6 Å². The van der Waals surface area contributed by atoms with Crippen LogP contribution in [0.1, 0.15) is 38.1 Å². The highest BCUT2D eigenvalue weighted by molar-refractivity contribution is 6.05. The molecule has 7 heteroatoms. The Balaban J connectivity index is 1.69. The Labute approximate surface area is 158 Å². The van der Waals surface area contributed by atoms with E-state index in [-0.39, 0.29) is 17.4 Å². The number of hydrogen-bond acceptors (Lipinski definition) is 5. The Morgan fingerprint density at radius 3 is 2.26 bits per heavy atom. The smallest absolute Gasteiger partial charge is 0.274 e. The van der Waals surface area contributed by atoms with E-state index < -0.39 is 5.91 Å². The van der Waals surface area contributed by atoms with Crippen LogP contribution in [0.15, 0.2) is 42.6 Å². The van der Waals surface area contributed by atoms with Gasteiger partial charge >= 0.3 is 0 Å². The van der Waals surface area contributed by atoms with E-state index in [1.165, 1.54) is 19.2 Å². The Kier molecular flexibility index (Phi) is 5.61. The second-order valence-corrected chi connectivity index (χ2v) is 6.61. The average Bonchev–Trinajstić information content (AvgIpc) is 2.68. The van der Waals surface area contributed by atoms with Crippen molar-refractivity contribution >= 4 is 23.3 Å². The SMILES string of the molecule is CC(=O)c1ccc(NC(=O)c2cc(C(=O)N3CCN(C)CC3)ccn2)cc1. The van der Waals surface area contributed by atoms with Gasteiger partial charge in [0.05, 0.1) is 0 Å². The van der Waals surface area contributed by atoms with Gasteiger partial charge < -0.3 is 15.1 Å². The first-order valence-corrected chi connectivity index (χ1v) is 8.80. The standard InChI is InChI=1S/C20H22N4O3/c1-14(25)15-3-5-17(6-4-15)22-19(26)18-13-16(7-8-21-18)20(27)24-11-9-23(2)10-12-24/h3-8,13H,9-12H2,1-2H3,(H,22,26). The first-order chi connectivity index (χ1) is 12.9. The maximum Gasteiger partial charge on any atom is 0.274 e. The summed E-state index contributed by atoms with van der Waals surface area (Å²) in [5, 5.41) is 2.73. The van der Waals surface area contributed by atoms with Crippen LogP contribution in [0.2, 0.25) is 0 Å². The molecule has 0 aliphatic carbocycles. The second-order valence-electron chi connectivity index (χ2n) is 6.61. The summed E-state index contributed by atoms with van der Waals surface area (Å²) in [5.41, 5.74) is 1.76. The summed E-state index contributed by atoms with van der Waals surface area (Å²) >= 11 is 0. The zero-order chi connectivity index (χ0) is 19.4. The second kappa shape index (κ2) is 8.09. The number of anilines is 1. The summed E-state index contributed by atoms with van der Waals surface area (Å²) in [4.78, 5) is 44.5. The van der Waals surface area contributed by atoms with Gasteiger partial charge in [-0.1, -0.05) is 0 Å². The average molecular weight is 366 g/mol. The Hall–Kier alpha value is -3.06. The van der Waals surface area contributed by atoms with Crippen molar-refractivity contribution in [2.45, 2.75) is 6.92 Å². The lowest BCUT2D eigenvalue weighted by atomic mass is 10.1. The molecule has 0 bridgehead atoms. The summed E-state index contributed by atoms with van der Waals surface area (Å²) in [6.45, 7) is 4.49. The number of ketones is 1. The maximum atomic E-state index is 12.7. The number of carbonyl (C=O) groups is 3. The van der Waals surface area contributed by atoms with E-state index >= 15 is 0 Å². The number of piperazine rings is 1. The lowest BCUT2D eigenvalue weighted by molar-refractivity contribution is 0.0664. The van der Waals surface area contributed by atoms with Crippen molar-refractivity contribution in [1.29, 1.82) is 0 Å². The number of Topliss-reactive ketones (excluding diaryl/α,β-unsaturated/α-hetero) is 1. The normalized spacial score (nSPS) is 14.7. The van der Waals surface area contributed by atoms with Crippen molar-refractivity contribution < 1.29 is 14.4 Å². The molecule has 2 aromatic rings. The number of carbonyl (C=O) groups excluding carboxylic acids is 3. The van der Waals surface area contributed by atoms with Gasteiger partial charge in [-0.15, -0.1) is 0 Å². The fraction of sp³-hybridized carbons (Fsp3) is 0.300. The summed E-state index contributed by atoms with van der Waals surface area (Å²) in [5.74, 6) is -0.534. The molecule has 1 N–H and O–H groups in total. The third kappa shape index (κ3) is 4.57. The van der Waals surface area contributed by atoms with Gasteiger partial charge in [-0.25, -0.2) is 0 Å². The molecule has 0 saturated carbocycles. The van der Waals surface area contributed by atoms with Crippen molar-refractivity contribution in [2.75, 3.05) is 38.5 Å². The number of nitrogens with one attached hydrogen (secondary N) is 1. The Morgan fingerprint density at radius 2 is 1.63 bits per heavy atom. The highest BCUT2D eigenvalue weighted by atomic mass is 16.2. The Morgan fingerprint density at radius 1 is 0.963 bits per heavy atom. The number of aromatic nitrogens is 1. The van der Waals surface area contributed by atoms with Crippen LogP contribution in [0, 0.1) is 0 Å². The molecule has 1 fully saturated rings. The van der Waals surface area contributed by atoms with Crippen LogP contribution in [0.5, 0.6) is 0 Å². The van der Waals surface area contributed by atoms with E-state index in [1.54, 1.807) is 35.2 Å². The zero-order valence-corrected chi connectivity index (χ0v) is 15.4. The number of rotatable bonds is 4. The van der Waals surface area contributed by atoms with Gasteiger partial charge in [0.1, 0.15) is 5.69 Å². The van der Waals surface area contributed by atoms with Gasteiger partial charge in [-0.2, -0.15) is 0 Å². The molecule has 140 valence electrons. The molecule has 2 heterocycles. The topological polar surface area (TPSA) is 82.6 Å². The lowest BCUT2D eigenvalue weighted by Gasteiger charge is -2.32. The number of likely N-dealkylation sites (N-methyl/N-ethyl adjacent to an activating group) is 1. The third-order valence-electron chi connectivity index (χ3n) is 4.58. The van der Waals surface area contributed by atoms with E-state index in [4.69, 9.17) is 0 Å². The predicted octanol–water partition coefficient (Wildman–Crippen LogP) is 1.92. The molecule has 2 amide bonds. The quantitative estimate of drug-likeness (QED) is 0.836. The molecule has 0 spiro atoms. The number of benzene rings is 1. The van der Waals surface area contributed by atoms with Gasteiger partial charge in [0, 0.05) is 49.2 Å². The van der Waals surface area contributed by atoms with Crippen LogP contribution in [0.25, 0.3) is 0 Å². The monoisotopic (exact) mass is 366 g/mol.